The zero-order chi connectivity index (χ0) is 16.3. The predicted octanol–water partition coefficient (Wildman–Crippen LogP) is 2.74. The molecule has 0 bridgehead atoms. The zero-order valence-electron chi connectivity index (χ0n) is 13.9. The lowest BCUT2D eigenvalue weighted by Crippen LogP contribution is -2.26. The summed E-state index contributed by atoms with van der Waals surface area (Å²) in [7, 11) is 0. The van der Waals surface area contributed by atoms with Crippen molar-refractivity contribution in [3.8, 4) is 0 Å². The first-order chi connectivity index (χ1) is 10.4. The fourth-order valence-electron chi connectivity index (χ4n) is 2.48. The fourth-order valence-corrected chi connectivity index (χ4v) is 2.48. The van der Waals surface area contributed by atoms with Crippen molar-refractivity contribution < 1.29 is 9.32 Å². The van der Waals surface area contributed by atoms with Gasteiger partial charge < -0.3 is 9.84 Å². The summed E-state index contributed by atoms with van der Waals surface area (Å²) in [5, 5.41) is 11.2. The zero-order valence-corrected chi connectivity index (χ0v) is 13.9. The molecule has 0 aliphatic rings. The molecule has 6 heteroatoms. The van der Waals surface area contributed by atoms with Gasteiger partial charge in [-0.25, -0.2) is 0 Å². The first kappa shape index (κ1) is 16.3. The highest BCUT2D eigenvalue weighted by atomic mass is 16.5. The average Bonchev–Trinajstić information content (AvgIpc) is 2.97. The van der Waals surface area contributed by atoms with Gasteiger partial charge >= 0.3 is 0 Å². The third kappa shape index (κ3) is 3.55. The molecule has 1 amide bonds. The van der Waals surface area contributed by atoms with Crippen LogP contribution in [0.5, 0.6) is 0 Å². The molecular weight excluding hydrogens is 280 g/mol. The number of nitrogens with zero attached hydrogens (tertiary/aromatic N) is 3. The van der Waals surface area contributed by atoms with Crippen LogP contribution in [0.4, 0.5) is 0 Å². The van der Waals surface area contributed by atoms with Crippen LogP contribution in [0.3, 0.4) is 0 Å². The molecule has 6 nitrogen and oxygen atoms in total. The van der Waals surface area contributed by atoms with Gasteiger partial charge in [0.25, 0.3) is 5.91 Å². The number of rotatable bonds is 6. The SMILES string of the molecule is Cc1cc(C)n(CCCNC(=O)c2c(C)noc2C(C)C)n1. The summed E-state index contributed by atoms with van der Waals surface area (Å²) in [6.45, 7) is 11.2. The molecule has 0 aliphatic carbocycles. The Labute approximate surface area is 130 Å². The van der Waals surface area contributed by atoms with Crippen LogP contribution in [0.15, 0.2) is 10.6 Å². The highest BCUT2D eigenvalue weighted by Crippen LogP contribution is 2.21. The maximum absolute atomic E-state index is 12.3. The molecule has 0 spiro atoms. The summed E-state index contributed by atoms with van der Waals surface area (Å²) >= 11 is 0. The predicted molar refractivity (Wildman–Crippen MR) is 84.0 cm³/mol. The molecular formula is C16H24N4O2. The standard InChI is InChI=1S/C16H24N4O2/c1-10(2)15-14(13(5)19-22-15)16(21)17-7-6-8-20-12(4)9-11(3)18-20/h9-10H,6-8H2,1-5H3,(H,17,21). The molecule has 2 aromatic heterocycles. The van der Waals surface area contributed by atoms with Crippen LogP contribution in [0, 0.1) is 20.8 Å². The van der Waals surface area contributed by atoms with E-state index in [4.69, 9.17) is 4.52 Å². The highest BCUT2D eigenvalue weighted by Gasteiger charge is 2.22. The number of carbonyl (C=O) groups is 1. The van der Waals surface area contributed by atoms with Crippen LogP contribution in [-0.4, -0.2) is 27.4 Å². The van der Waals surface area contributed by atoms with Crippen molar-refractivity contribution in [1.82, 2.24) is 20.3 Å². The smallest absolute Gasteiger partial charge is 0.256 e. The molecule has 0 unspecified atom stereocenters. The number of nitrogens with one attached hydrogen (secondary N) is 1. The lowest BCUT2D eigenvalue weighted by atomic mass is 10.0. The third-order valence-electron chi connectivity index (χ3n) is 3.58. The van der Waals surface area contributed by atoms with E-state index in [1.165, 1.54) is 0 Å². The van der Waals surface area contributed by atoms with Gasteiger partial charge in [-0.1, -0.05) is 19.0 Å². The Hall–Kier alpha value is -2.11. The molecule has 1 N–H and O–H groups in total. The topological polar surface area (TPSA) is 73.0 Å². The number of aryl methyl sites for hydroxylation is 4. The van der Waals surface area contributed by atoms with Crippen molar-refractivity contribution in [2.75, 3.05) is 6.54 Å². The summed E-state index contributed by atoms with van der Waals surface area (Å²) < 4.78 is 7.21. The van der Waals surface area contributed by atoms with Gasteiger partial charge in [-0.3, -0.25) is 9.48 Å². The van der Waals surface area contributed by atoms with Gasteiger partial charge in [0.1, 0.15) is 5.56 Å². The molecule has 0 saturated carbocycles. The molecule has 0 saturated heterocycles. The van der Waals surface area contributed by atoms with Gasteiger partial charge in [0.05, 0.1) is 11.4 Å². The Morgan fingerprint density at radius 3 is 2.68 bits per heavy atom. The van der Waals surface area contributed by atoms with Crippen LogP contribution < -0.4 is 5.32 Å². The monoisotopic (exact) mass is 304 g/mol. The van der Waals surface area contributed by atoms with Gasteiger partial charge in [0, 0.05) is 24.7 Å². The fraction of sp³-hybridized carbons (Fsp3) is 0.562. The molecule has 0 radical (unpaired) electrons. The molecule has 0 atom stereocenters. The second kappa shape index (κ2) is 6.77. The van der Waals surface area contributed by atoms with E-state index in [0.29, 0.717) is 23.6 Å². The van der Waals surface area contributed by atoms with Gasteiger partial charge in [-0.15, -0.1) is 0 Å². The van der Waals surface area contributed by atoms with Crippen LogP contribution in [0.2, 0.25) is 0 Å². The molecule has 22 heavy (non-hydrogen) atoms. The lowest BCUT2D eigenvalue weighted by Gasteiger charge is -2.08. The minimum atomic E-state index is -0.115. The van der Waals surface area contributed by atoms with Gasteiger partial charge in [-0.05, 0) is 33.3 Å². The average molecular weight is 304 g/mol. The van der Waals surface area contributed by atoms with Crippen molar-refractivity contribution in [2.24, 2.45) is 0 Å². The highest BCUT2D eigenvalue weighted by molar-refractivity contribution is 5.96. The number of hydrogen-bond acceptors (Lipinski definition) is 4. The molecule has 2 heterocycles. The maximum atomic E-state index is 12.3. The maximum Gasteiger partial charge on any atom is 0.256 e. The van der Waals surface area contributed by atoms with Crippen molar-refractivity contribution in [3.05, 3.63) is 34.5 Å². The van der Waals surface area contributed by atoms with E-state index >= 15 is 0 Å². The first-order valence-corrected chi connectivity index (χ1v) is 7.65. The number of amides is 1. The van der Waals surface area contributed by atoms with Crippen LogP contribution in [0.25, 0.3) is 0 Å². The third-order valence-corrected chi connectivity index (χ3v) is 3.58. The van der Waals surface area contributed by atoms with E-state index in [2.05, 4.69) is 15.6 Å². The Morgan fingerprint density at radius 2 is 2.09 bits per heavy atom. The van der Waals surface area contributed by atoms with Crippen LogP contribution >= 0.6 is 0 Å². The minimum Gasteiger partial charge on any atom is -0.360 e. The number of carbonyl (C=O) groups excluding carboxylic acids is 1. The molecule has 0 aromatic carbocycles. The van der Waals surface area contributed by atoms with Crippen molar-refractivity contribution >= 4 is 5.91 Å². The second-order valence-electron chi connectivity index (χ2n) is 5.92. The quantitative estimate of drug-likeness (QED) is 0.833. The molecule has 2 rings (SSSR count). The molecule has 120 valence electrons. The largest absolute Gasteiger partial charge is 0.360 e. The van der Waals surface area contributed by atoms with Gasteiger partial charge in [0.2, 0.25) is 0 Å². The first-order valence-electron chi connectivity index (χ1n) is 7.65. The molecule has 0 aliphatic heterocycles. The second-order valence-corrected chi connectivity index (χ2v) is 5.92. The van der Waals surface area contributed by atoms with E-state index in [1.54, 1.807) is 6.92 Å². The van der Waals surface area contributed by atoms with Crippen LogP contribution in [0.1, 0.15) is 59.4 Å². The Kier molecular flexibility index (Phi) is 5.00. The summed E-state index contributed by atoms with van der Waals surface area (Å²) in [4.78, 5) is 12.3. The van der Waals surface area contributed by atoms with E-state index in [1.807, 2.05) is 38.4 Å². The molecule has 2 aromatic rings. The van der Waals surface area contributed by atoms with E-state index in [9.17, 15) is 4.79 Å². The van der Waals surface area contributed by atoms with E-state index in [0.717, 1.165) is 24.4 Å². The Bertz CT molecular complexity index is 655. The lowest BCUT2D eigenvalue weighted by molar-refractivity contribution is 0.0949. The normalized spacial score (nSPS) is 11.2. The number of aromatic nitrogens is 3. The van der Waals surface area contributed by atoms with Crippen molar-refractivity contribution in [2.45, 2.75) is 53.5 Å². The number of hydrogen-bond donors (Lipinski definition) is 1. The van der Waals surface area contributed by atoms with Gasteiger partial charge in [-0.2, -0.15) is 5.10 Å². The summed E-state index contributed by atoms with van der Waals surface area (Å²) in [5.41, 5.74) is 3.37. The van der Waals surface area contributed by atoms with E-state index in [-0.39, 0.29) is 11.8 Å². The van der Waals surface area contributed by atoms with Gasteiger partial charge in [0.15, 0.2) is 5.76 Å². The molecule has 0 fully saturated rings. The summed E-state index contributed by atoms with van der Waals surface area (Å²) in [6.07, 6.45) is 0.828. The van der Waals surface area contributed by atoms with Crippen molar-refractivity contribution in [3.63, 3.8) is 0 Å². The Morgan fingerprint density at radius 1 is 1.36 bits per heavy atom. The van der Waals surface area contributed by atoms with Crippen molar-refractivity contribution in [1.29, 1.82) is 0 Å². The Balaban J connectivity index is 1.88. The minimum absolute atomic E-state index is 0.115. The summed E-state index contributed by atoms with van der Waals surface area (Å²) in [6, 6.07) is 2.05. The summed E-state index contributed by atoms with van der Waals surface area (Å²) in [5.74, 6) is 0.668. The van der Waals surface area contributed by atoms with Crippen LogP contribution in [-0.2, 0) is 6.54 Å². The van der Waals surface area contributed by atoms with E-state index < -0.39 is 0 Å².